The summed E-state index contributed by atoms with van der Waals surface area (Å²) < 4.78 is 10.1. The largest absolute Gasteiger partial charge is 0.466 e. The van der Waals surface area contributed by atoms with Crippen LogP contribution in [0.5, 0.6) is 0 Å². The lowest BCUT2D eigenvalue weighted by molar-refractivity contribution is -0.136. The van der Waals surface area contributed by atoms with Crippen LogP contribution in [0.3, 0.4) is 0 Å². The Balaban J connectivity index is 3.87. The molecule has 0 aromatic heterocycles. The van der Waals surface area contributed by atoms with E-state index in [2.05, 4.69) is 10.1 Å². The molecular weight excluding hydrogens is 206 g/mol. The van der Waals surface area contributed by atoms with Gasteiger partial charge < -0.3 is 14.8 Å². The second kappa shape index (κ2) is 7.41. The average Bonchev–Trinajstić information content (AvgIpc) is 2.22. The number of carbonyl (C=O) groups excluding carboxylic acids is 1. The topological polar surface area (TPSA) is 47.6 Å². The molecule has 0 aromatic carbocycles. The van der Waals surface area contributed by atoms with Gasteiger partial charge in [0.2, 0.25) is 0 Å². The van der Waals surface area contributed by atoms with Gasteiger partial charge in [0.25, 0.3) is 0 Å². The van der Waals surface area contributed by atoms with Gasteiger partial charge in [-0.2, -0.15) is 0 Å². The Hall–Kier alpha value is -0.870. The van der Waals surface area contributed by atoms with Crippen LogP contribution in [-0.4, -0.2) is 38.4 Å². The van der Waals surface area contributed by atoms with E-state index in [1.165, 1.54) is 7.11 Å². The molecule has 4 heteroatoms. The van der Waals surface area contributed by atoms with Gasteiger partial charge in [0, 0.05) is 25.3 Å². The van der Waals surface area contributed by atoms with E-state index in [0.717, 1.165) is 6.54 Å². The molecule has 0 aliphatic heterocycles. The summed E-state index contributed by atoms with van der Waals surface area (Å²) in [5.74, 6) is -0.286. The lowest BCUT2D eigenvalue weighted by Gasteiger charge is -2.24. The summed E-state index contributed by atoms with van der Waals surface area (Å²) >= 11 is 0. The Morgan fingerprint density at radius 1 is 1.44 bits per heavy atom. The molecule has 0 radical (unpaired) electrons. The van der Waals surface area contributed by atoms with Gasteiger partial charge in [0.15, 0.2) is 0 Å². The predicted octanol–water partition coefficient (Wildman–Crippen LogP) is 1.51. The van der Waals surface area contributed by atoms with Gasteiger partial charge in [0.1, 0.15) is 0 Å². The number of methoxy groups -OCH3 is 1. The highest BCUT2D eigenvalue weighted by Crippen LogP contribution is 2.06. The Morgan fingerprint density at radius 2 is 2.06 bits per heavy atom. The van der Waals surface area contributed by atoms with Crippen LogP contribution < -0.4 is 5.32 Å². The van der Waals surface area contributed by atoms with Crippen LogP contribution in [0.15, 0.2) is 11.6 Å². The molecule has 0 unspecified atom stereocenters. The van der Waals surface area contributed by atoms with Gasteiger partial charge in [-0.05, 0) is 27.7 Å². The average molecular weight is 229 g/mol. The van der Waals surface area contributed by atoms with Crippen LogP contribution in [-0.2, 0) is 14.3 Å². The van der Waals surface area contributed by atoms with Crippen molar-refractivity contribution >= 4 is 5.97 Å². The fourth-order valence-corrected chi connectivity index (χ4v) is 1.28. The van der Waals surface area contributed by atoms with Crippen LogP contribution in [0.25, 0.3) is 0 Å². The number of rotatable bonds is 7. The quantitative estimate of drug-likeness (QED) is 0.408. The molecule has 0 heterocycles. The standard InChI is InChI=1S/C12H23NO3/c1-6-16-12(3,4)9-13-8-7-10(2)11(14)15-5/h7,13H,6,8-9H2,1-5H3/b10-7-. The van der Waals surface area contributed by atoms with Gasteiger partial charge in [0.05, 0.1) is 12.7 Å². The lowest BCUT2D eigenvalue weighted by atomic mass is 10.1. The van der Waals surface area contributed by atoms with E-state index in [4.69, 9.17) is 4.74 Å². The summed E-state index contributed by atoms with van der Waals surface area (Å²) in [5.41, 5.74) is 0.436. The molecule has 0 fully saturated rings. The molecule has 16 heavy (non-hydrogen) atoms. The monoisotopic (exact) mass is 229 g/mol. The number of hydrogen-bond acceptors (Lipinski definition) is 4. The third-order valence-corrected chi connectivity index (χ3v) is 2.15. The van der Waals surface area contributed by atoms with Gasteiger partial charge in [-0.1, -0.05) is 6.08 Å². The van der Waals surface area contributed by atoms with Crippen LogP contribution in [0.4, 0.5) is 0 Å². The highest BCUT2D eigenvalue weighted by atomic mass is 16.5. The minimum atomic E-state index is -0.286. The van der Waals surface area contributed by atoms with Crippen LogP contribution >= 0.6 is 0 Å². The Kier molecular flexibility index (Phi) is 7.01. The van der Waals surface area contributed by atoms with E-state index in [1.807, 2.05) is 26.8 Å². The predicted molar refractivity (Wildman–Crippen MR) is 64.3 cm³/mol. The van der Waals surface area contributed by atoms with Gasteiger partial charge in [-0.15, -0.1) is 0 Å². The highest BCUT2D eigenvalue weighted by molar-refractivity contribution is 5.87. The summed E-state index contributed by atoms with van der Waals surface area (Å²) in [4.78, 5) is 11.1. The molecule has 94 valence electrons. The number of carbonyl (C=O) groups is 1. The van der Waals surface area contributed by atoms with Gasteiger partial charge >= 0.3 is 5.97 Å². The fraction of sp³-hybridized carbons (Fsp3) is 0.750. The zero-order valence-electron chi connectivity index (χ0n) is 10.9. The molecule has 0 amide bonds. The van der Waals surface area contributed by atoms with Crippen molar-refractivity contribution in [3.63, 3.8) is 0 Å². The first-order chi connectivity index (χ1) is 7.43. The second-order valence-corrected chi connectivity index (χ2v) is 4.20. The van der Waals surface area contributed by atoms with Crippen molar-refractivity contribution in [2.75, 3.05) is 26.8 Å². The van der Waals surface area contributed by atoms with E-state index in [-0.39, 0.29) is 11.6 Å². The Bertz CT molecular complexity index is 247. The normalized spacial score (nSPS) is 12.7. The molecule has 0 saturated heterocycles. The first-order valence-electron chi connectivity index (χ1n) is 5.52. The summed E-state index contributed by atoms with van der Waals surface area (Å²) in [5, 5.41) is 3.21. The number of ether oxygens (including phenoxy) is 2. The Morgan fingerprint density at radius 3 is 2.56 bits per heavy atom. The minimum Gasteiger partial charge on any atom is -0.466 e. The maximum Gasteiger partial charge on any atom is 0.333 e. The molecule has 0 saturated carbocycles. The fourth-order valence-electron chi connectivity index (χ4n) is 1.28. The lowest BCUT2D eigenvalue weighted by Crippen LogP contribution is -2.37. The van der Waals surface area contributed by atoms with Crippen molar-refractivity contribution in [2.24, 2.45) is 0 Å². The maximum atomic E-state index is 11.1. The molecule has 0 atom stereocenters. The number of esters is 1. The van der Waals surface area contributed by atoms with E-state index < -0.39 is 0 Å². The summed E-state index contributed by atoms with van der Waals surface area (Å²) in [7, 11) is 1.38. The van der Waals surface area contributed by atoms with Crippen molar-refractivity contribution in [1.29, 1.82) is 0 Å². The third-order valence-electron chi connectivity index (χ3n) is 2.15. The number of nitrogens with one attached hydrogen (secondary N) is 1. The molecular formula is C12H23NO3. The highest BCUT2D eigenvalue weighted by Gasteiger charge is 2.16. The molecule has 0 bridgehead atoms. The second-order valence-electron chi connectivity index (χ2n) is 4.20. The molecule has 1 N–H and O–H groups in total. The van der Waals surface area contributed by atoms with E-state index in [1.54, 1.807) is 6.92 Å². The van der Waals surface area contributed by atoms with E-state index >= 15 is 0 Å². The van der Waals surface area contributed by atoms with Crippen molar-refractivity contribution in [1.82, 2.24) is 5.32 Å². The first kappa shape index (κ1) is 15.1. The maximum absolute atomic E-state index is 11.1. The van der Waals surface area contributed by atoms with Crippen LogP contribution in [0, 0.1) is 0 Å². The molecule has 0 aliphatic rings. The molecule has 4 nitrogen and oxygen atoms in total. The SMILES string of the molecule is CCOC(C)(C)CNC/C=C(/C)C(=O)OC. The van der Waals surface area contributed by atoms with Crippen LogP contribution in [0.2, 0.25) is 0 Å². The summed E-state index contributed by atoms with van der Waals surface area (Å²) in [6.45, 7) is 9.85. The van der Waals surface area contributed by atoms with E-state index in [0.29, 0.717) is 18.7 Å². The van der Waals surface area contributed by atoms with Gasteiger partial charge in [-0.3, -0.25) is 0 Å². The molecule has 0 aromatic rings. The minimum absolute atomic E-state index is 0.179. The first-order valence-corrected chi connectivity index (χ1v) is 5.52. The number of hydrogen-bond donors (Lipinski definition) is 1. The van der Waals surface area contributed by atoms with Crippen molar-refractivity contribution in [2.45, 2.75) is 33.3 Å². The molecule has 0 spiro atoms. The third kappa shape index (κ3) is 6.58. The zero-order valence-corrected chi connectivity index (χ0v) is 10.9. The van der Waals surface area contributed by atoms with Crippen molar-refractivity contribution in [3.8, 4) is 0 Å². The zero-order chi connectivity index (χ0) is 12.6. The summed E-state index contributed by atoms with van der Waals surface area (Å²) in [6.07, 6.45) is 1.81. The van der Waals surface area contributed by atoms with Crippen molar-refractivity contribution < 1.29 is 14.3 Å². The van der Waals surface area contributed by atoms with Crippen molar-refractivity contribution in [3.05, 3.63) is 11.6 Å². The van der Waals surface area contributed by atoms with Crippen LogP contribution in [0.1, 0.15) is 27.7 Å². The van der Waals surface area contributed by atoms with E-state index in [9.17, 15) is 4.79 Å². The smallest absolute Gasteiger partial charge is 0.333 e. The molecule has 0 rings (SSSR count). The summed E-state index contributed by atoms with van der Waals surface area (Å²) in [6, 6.07) is 0. The van der Waals surface area contributed by atoms with Gasteiger partial charge in [-0.25, -0.2) is 4.79 Å². The molecule has 0 aliphatic carbocycles. The Labute approximate surface area is 98.0 Å².